The zero-order valence-corrected chi connectivity index (χ0v) is 12.1. The van der Waals surface area contributed by atoms with Gasteiger partial charge in [0.25, 0.3) is 0 Å². The van der Waals surface area contributed by atoms with E-state index in [1.807, 2.05) is 0 Å². The van der Waals surface area contributed by atoms with Crippen LogP contribution in [0.15, 0.2) is 0 Å². The first-order chi connectivity index (χ1) is 9.66. The minimum Gasteiger partial charge on any atom is -0.368 e. The normalized spacial score (nSPS) is 21.0. The fourth-order valence-electron chi connectivity index (χ4n) is 3.11. The Bertz CT molecular complexity index is 336. The van der Waals surface area contributed by atoms with Crippen LogP contribution in [0.2, 0.25) is 0 Å². The highest BCUT2D eigenvalue weighted by molar-refractivity contribution is 5.84. The van der Waals surface area contributed by atoms with E-state index in [0.29, 0.717) is 6.42 Å². The molecule has 0 aliphatic carbocycles. The maximum absolute atomic E-state index is 12.4. The summed E-state index contributed by atoms with van der Waals surface area (Å²) < 4.78 is 0. The summed E-state index contributed by atoms with van der Waals surface area (Å²) in [5.41, 5.74) is 5.30. The maximum atomic E-state index is 12.4. The van der Waals surface area contributed by atoms with Crippen LogP contribution in [-0.4, -0.2) is 66.9 Å². The number of amides is 2. The lowest BCUT2D eigenvalue weighted by molar-refractivity contribution is -0.138. The first-order valence-electron chi connectivity index (χ1n) is 7.67. The molecular formula is C14H26N4O2. The van der Waals surface area contributed by atoms with E-state index in [1.165, 1.54) is 12.8 Å². The van der Waals surface area contributed by atoms with Crippen LogP contribution >= 0.6 is 0 Å². The van der Waals surface area contributed by atoms with E-state index in [1.54, 1.807) is 4.90 Å². The molecule has 0 aromatic carbocycles. The van der Waals surface area contributed by atoms with Crippen molar-refractivity contribution in [2.24, 2.45) is 5.73 Å². The molecule has 20 heavy (non-hydrogen) atoms. The Hall–Kier alpha value is -1.14. The van der Waals surface area contributed by atoms with E-state index in [-0.39, 0.29) is 18.5 Å². The summed E-state index contributed by atoms with van der Waals surface area (Å²) in [6.07, 6.45) is 4.77. The van der Waals surface area contributed by atoms with Gasteiger partial charge in [-0.2, -0.15) is 0 Å². The molecule has 0 radical (unpaired) electrons. The van der Waals surface area contributed by atoms with Crippen molar-refractivity contribution in [2.45, 2.75) is 38.1 Å². The summed E-state index contributed by atoms with van der Waals surface area (Å²) in [7, 11) is 0. The molecule has 0 aromatic heterocycles. The van der Waals surface area contributed by atoms with Crippen LogP contribution in [0.1, 0.15) is 32.1 Å². The molecule has 2 saturated heterocycles. The standard InChI is InChI=1S/C14H26N4O2/c15-13(19)11-18(12-3-6-16-7-4-12)14(20)5-10-17-8-1-2-9-17/h12,16H,1-11H2,(H2,15,19). The molecule has 2 fully saturated rings. The number of nitrogens with two attached hydrogens (primary N) is 1. The smallest absolute Gasteiger partial charge is 0.237 e. The zero-order valence-electron chi connectivity index (χ0n) is 12.1. The number of hydrogen-bond acceptors (Lipinski definition) is 4. The molecule has 2 rings (SSSR count). The van der Waals surface area contributed by atoms with Crippen LogP contribution in [-0.2, 0) is 9.59 Å². The lowest BCUT2D eigenvalue weighted by Gasteiger charge is -2.34. The molecule has 0 atom stereocenters. The molecule has 2 amide bonds. The largest absolute Gasteiger partial charge is 0.368 e. The Labute approximate surface area is 120 Å². The number of piperidine rings is 1. The topological polar surface area (TPSA) is 78.7 Å². The van der Waals surface area contributed by atoms with Gasteiger partial charge in [-0.25, -0.2) is 0 Å². The van der Waals surface area contributed by atoms with Crippen LogP contribution < -0.4 is 11.1 Å². The van der Waals surface area contributed by atoms with E-state index in [9.17, 15) is 9.59 Å². The van der Waals surface area contributed by atoms with Crippen LogP contribution in [0.4, 0.5) is 0 Å². The summed E-state index contributed by atoms with van der Waals surface area (Å²) in [6.45, 7) is 4.86. The van der Waals surface area contributed by atoms with E-state index < -0.39 is 5.91 Å². The van der Waals surface area contributed by atoms with Gasteiger partial charge >= 0.3 is 0 Å². The van der Waals surface area contributed by atoms with Gasteiger partial charge in [-0.3, -0.25) is 9.59 Å². The molecule has 0 saturated carbocycles. The highest BCUT2D eigenvalue weighted by Gasteiger charge is 2.26. The Balaban J connectivity index is 1.86. The van der Waals surface area contributed by atoms with E-state index in [2.05, 4.69) is 10.2 Å². The summed E-state index contributed by atoms with van der Waals surface area (Å²) in [5.74, 6) is -0.347. The molecule has 0 unspecified atom stereocenters. The highest BCUT2D eigenvalue weighted by Crippen LogP contribution is 2.14. The molecule has 6 nitrogen and oxygen atoms in total. The minimum atomic E-state index is -0.418. The van der Waals surface area contributed by atoms with Gasteiger partial charge in [0.1, 0.15) is 0 Å². The predicted molar refractivity (Wildman–Crippen MR) is 77.1 cm³/mol. The average molecular weight is 282 g/mol. The van der Waals surface area contributed by atoms with Crippen molar-refractivity contribution in [3.8, 4) is 0 Å². The summed E-state index contributed by atoms with van der Waals surface area (Å²) in [4.78, 5) is 27.7. The fourth-order valence-corrected chi connectivity index (χ4v) is 3.11. The number of hydrogen-bond donors (Lipinski definition) is 2. The van der Waals surface area contributed by atoms with Gasteiger partial charge in [-0.15, -0.1) is 0 Å². The third-order valence-corrected chi connectivity index (χ3v) is 4.24. The van der Waals surface area contributed by atoms with Crippen LogP contribution in [0.3, 0.4) is 0 Å². The van der Waals surface area contributed by atoms with Gasteiger partial charge in [-0.1, -0.05) is 0 Å². The number of rotatable bonds is 6. The molecule has 3 N–H and O–H groups in total. The molecule has 0 spiro atoms. The molecule has 0 aromatic rings. The Morgan fingerprint density at radius 1 is 1.20 bits per heavy atom. The third kappa shape index (κ3) is 4.45. The van der Waals surface area contributed by atoms with Gasteiger partial charge in [0.15, 0.2) is 0 Å². The van der Waals surface area contributed by atoms with Gasteiger partial charge in [0, 0.05) is 19.0 Å². The van der Waals surface area contributed by atoms with Crippen molar-refractivity contribution < 1.29 is 9.59 Å². The second kappa shape index (κ2) is 7.59. The van der Waals surface area contributed by atoms with Crippen molar-refractivity contribution >= 4 is 11.8 Å². The highest BCUT2D eigenvalue weighted by atomic mass is 16.2. The quantitative estimate of drug-likeness (QED) is 0.691. The van der Waals surface area contributed by atoms with Gasteiger partial charge < -0.3 is 20.9 Å². The Morgan fingerprint density at radius 3 is 2.45 bits per heavy atom. The molecular weight excluding hydrogens is 256 g/mol. The number of likely N-dealkylation sites (tertiary alicyclic amines) is 1. The van der Waals surface area contributed by atoms with Crippen LogP contribution in [0.5, 0.6) is 0 Å². The van der Waals surface area contributed by atoms with Crippen molar-refractivity contribution in [3.05, 3.63) is 0 Å². The molecule has 2 aliphatic rings. The molecule has 6 heteroatoms. The monoisotopic (exact) mass is 282 g/mol. The number of nitrogens with zero attached hydrogens (tertiary/aromatic N) is 2. The van der Waals surface area contributed by atoms with Gasteiger partial charge in [0.2, 0.25) is 11.8 Å². The summed E-state index contributed by atoms with van der Waals surface area (Å²) >= 11 is 0. The van der Waals surface area contributed by atoms with Gasteiger partial charge in [0.05, 0.1) is 6.54 Å². The van der Waals surface area contributed by atoms with Gasteiger partial charge in [-0.05, 0) is 51.9 Å². The van der Waals surface area contributed by atoms with Crippen LogP contribution in [0.25, 0.3) is 0 Å². The first-order valence-corrected chi connectivity index (χ1v) is 7.67. The van der Waals surface area contributed by atoms with Crippen molar-refractivity contribution in [2.75, 3.05) is 39.3 Å². The molecule has 0 bridgehead atoms. The second-order valence-electron chi connectivity index (χ2n) is 5.77. The zero-order chi connectivity index (χ0) is 14.4. The lowest BCUT2D eigenvalue weighted by atomic mass is 10.0. The van der Waals surface area contributed by atoms with Crippen molar-refractivity contribution in [1.29, 1.82) is 0 Å². The average Bonchev–Trinajstić information content (AvgIpc) is 2.96. The Kier molecular flexibility index (Phi) is 5.79. The maximum Gasteiger partial charge on any atom is 0.237 e. The molecule has 2 aliphatic heterocycles. The lowest BCUT2D eigenvalue weighted by Crippen LogP contribution is -2.49. The SMILES string of the molecule is NC(=O)CN(C(=O)CCN1CCCC1)C1CCNCC1. The number of carbonyl (C=O) groups is 2. The first kappa shape index (κ1) is 15.3. The van der Waals surface area contributed by atoms with E-state index in [4.69, 9.17) is 5.73 Å². The number of nitrogens with one attached hydrogen (secondary N) is 1. The fraction of sp³-hybridized carbons (Fsp3) is 0.857. The van der Waals surface area contributed by atoms with Crippen LogP contribution in [0, 0.1) is 0 Å². The van der Waals surface area contributed by atoms with E-state index in [0.717, 1.165) is 45.6 Å². The summed E-state index contributed by atoms with van der Waals surface area (Å²) in [6, 6.07) is 0.162. The Morgan fingerprint density at radius 2 is 1.85 bits per heavy atom. The van der Waals surface area contributed by atoms with Crippen molar-refractivity contribution in [3.63, 3.8) is 0 Å². The molecule has 114 valence electrons. The minimum absolute atomic E-state index is 0.0590. The summed E-state index contributed by atoms with van der Waals surface area (Å²) in [5, 5.41) is 3.28. The number of primary amides is 1. The predicted octanol–water partition coefficient (Wildman–Crippen LogP) is -0.462. The van der Waals surface area contributed by atoms with Crippen molar-refractivity contribution in [1.82, 2.24) is 15.1 Å². The third-order valence-electron chi connectivity index (χ3n) is 4.24. The van der Waals surface area contributed by atoms with E-state index >= 15 is 0 Å². The second-order valence-corrected chi connectivity index (χ2v) is 5.77. The molecule has 2 heterocycles. The number of carbonyl (C=O) groups excluding carboxylic acids is 2.